The molecule has 0 bridgehead atoms. The van der Waals surface area contributed by atoms with E-state index in [0.717, 1.165) is 11.7 Å². The fraction of sp³-hybridized carbons (Fsp3) is 0.900. The van der Waals surface area contributed by atoms with Gasteiger partial charge in [0.2, 0.25) is 5.91 Å². The van der Waals surface area contributed by atoms with Gasteiger partial charge in [-0.05, 0) is 31.9 Å². The van der Waals surface area contributed by atoms with E-state index in [0.29, 0.717) is 6.54 Å². The summed E-state index contributed by atoms with van der Waals surface area (Å²) in [5.41, 5.74) is -0.129. The summed E-state index contributed by atoms with van der Waals surface area (Å²) in [6.07, 6.45) is 3.70. The SMILES string of the molecule is CC1(CC2CCCS2)CNC(=O)CO1. The van der Waals surface area contributed by atoms with Crippen molar-refractivity contribution in [2.75, 3.05) is 18.9 Å². The molecule has 0 aromatic heterocycles. The number of carbonyl (C=O) groups is 1. The Kier molecular flexibility index (Phi) is 3.02. The van der Waals surface area contributed by atoms with Crippen LogP contribution in [0.2, 0.25) is 0 Å². The highest BCUT2D eigenvalue weighted by Crippen LogP contribution is 2.34. The van der Waals surface area contributed by atoms with Crippen LogP contribution in [0.15, 0.2) is 0 Å². The summed E-state index contributed by atoms with van der Waals surface area (Å²) < 4.78 is 5.61. The van der Waals surface area contributed by atoms with Crippen LogP contribution < -0.4 is 5.32 Å². The van der Waals surface area contributed by atoms with Gasteiger partial charge >= 0.3 is 0 Å². The van der Waals surface area contributed by atoms with Crippen LogP contribution in [0.1, 0.15) is 26.2 Å². The number of carbonyl (C=O) groups excluding carboxylic acids is 1. The van der Waals surface area contributed by atoms with Crippen LogP contribution in [0.3, 0.4) is 0 Å². The van der Waals surface area contributed by atoms with Crippen molar-refractivity contribution < 1.29 is 9.53 Å². The first-order chi connectivity index (χ1) is 6.68. The average Bonchev–Trinajstić information content (AvgIpc) is 2.63. The standard InChI is InChI=1S/C10H17NO2S/c1-10(5-8-3-2-4-14-8)7-11-9(12)6-13-10/h8H,2-7H2,1H3,(H,11,12). The Morgan fingerprint density at radius 3 is 3.14 bits per heavy atom. The van der Waals surface area contributed by atoms with E-state index in [4.69, 9.17) is 4.74 Å². The molecule has 14 heavy (non-hydrogen) atoms. The summed E-state index contributed by atoms with van der Waals surface area (Å²) in [5, 5.41) is 3.60. The minimum absolute atomic E-state index is 0.0153. The van der Waals surface area contributed by atoms with E-state index < -0.39 is 0 Å². The second-order valence-corrected chi connectivity index (χ2v) is 5.76. The van der Waals surface area contributed by atoms with E-state index in [-0.39, 0.29) is 18.1 Å². The van der Waals surface area contributed by atoms with Crippen LogP contribution in [0.5, 0.6) is 0 Å². The molecule has 0 radical (unpaired) electrons. The smallest absolute Gasteiger partial charge is 0.246 e. The van der Waals surface area contributed by atoms with Crippen LogP contribution in [-0.4, -0.2) is 35.7 Å². The molecule has 2 atom stereocenters. The largest absolute Gasteiger partial charge is 0.364 e. The highest BCUT2D eigenvalue weighted by Gasteiger charge is 2.34. The minimum Gasteiger partial charge on any atom is -0.364 e. The van der Waals surface area contributed by atoms with E-state index in [1.165, 1.54) is 18.6 Å². The van der Waals surface area contributed by atoms with Gasteiger partial charge in [0.25, 0.3) is 0 Å². The molecule has 1 N–H and O–H groups in total. The van der Waals surface area contributed by atoms with Crippen molar-refractivity contribution in [3.63, 3.8) is 0 Å². The van der Waals surface area contributed by atoms with Gasteiger partial charge in [-0.25, -0.2) is 0 Å². The first kappa shape index (κ1) is 10.3. The predicted molar refractivity (Wildman–Crippen MR) is 57.5 cm³/mol. The minimum atomic E-state index is -0.129. The summed E-state index contributed by atoms with van der Waals surface area (Å²) in [7, 11) is 0. The molecule has 80 valence electrons. The summed E-state index contributed by atoms with van der Waals surface area (Å²) in [6, 6.07) is 0. The predicted octanol–water partition coefficient (Wildman–Crippen LogP) is 1.18. The zero-order valence-electron chi connectivity index (χ0n) is 8.54. The Morgan fingerprint density at radius 2 is 2.57 bits per heavy atom. The van der Waals surface area contributed by atoms with Crippen molar-refractivity contribution in [1.29, 1.82) is 0 Å². The number of amides is 1. The molecule has 2 fully saturated rings. The number of hydrogen-bond donors (Lipinski definition) is 1. The first-order valence-electron chi connectivity index (χ1n) is 5.20. The quantitative estimate of drug-likeness (QED) is 0.751. The lowest BCUT2D eigenvalue weighted by Gasteiger charge is -2.35. The molecule has 0 aromatic rings. The Balaban J connectivity index is 1.85. The molecule has 2 saturated heterocycles. The molecule has 0 saturated carbocycles. The molecule has 2 unspecified atom stereocenters. The molecular weight excluding hydrogens is 198 g/mol. The maximum absolute atomic E-state index is 10.9. The zero-order valence-corrected chi connectivity index (χ0v) is 9.36. The lowest BCUT2D eigenvalue weighted by molar-refractivity contribution is -0.142. The van der Waals surface area contributed by atoms with Gasteiger partial charge in [0.1, 0.15) is 6.61 Å². The summed E-state index contributed by atoms with van der Waals surface area (Å²) in [4.78, 5) is 10.9. The van der Waals surface area contributed by atoms with Crippen LogP contribution in [0, 0.1) is 0 Å². The number of morpholine rings is 1. The van der Waals surface area contributed by atoms with E-state index in [9.17, 15) is 4.79 Å². The van der Waals surface area contributed by atoms with Gasteiger partial charge in [-0.1, -0.05) is 0 Å². The molecule has 2 aliphatic heterocycles. The molecule has 3 nitrogen and oxygen atoms in total. The molecule has 2 rings (SSSR count). The molecular formula is C10H17NO2S. The van der Waals surface area contributed by atoms with Crippen molar-refractivity contribution >= 4 is 17.7 Å². The van der Waals surface area contributed by atoms with Crippen LogP contribution in [0.4, 0.5) is 0 Å². The molecule has 2 aliphatic rings. The fourth-order valence-electron chi connectivity index (χ4n) is 2.05. The Morgan fingerprint density at radius 1 is 1.71 bits per heavy atom. The summed E-state index contributed by atoms with van der Waals surface area (Å²) in [6.45, 7) is 3.00. The molecule has 0 spiro atoms. The highest BCUT2D eigenvalue weighted by molar-refractivity contribution is 8.00. The van der Waals surface area contributed by atoms with Crippen molar-refractivity contribution in [3.8, 4) is 0 Å². The Hall–Kier alpha value is -0.220. The summed E-state index contributed by atoms with van der Waals surface area (Å²) in [5.74, 6) is 1.30. The van der Waals surface area contributed by atoms with Crippen molar-refractivity contribution in [2.45, 2.75) is 37.0 Å². The third-order valence-corrected chi connectivity index (χ3v) is 4.29. The van der Waals surface area contributed by atoms with E-state index in [1.807, 2.05) is 11.8 Å². The van der Waals surface area contributed by atoms with Gasteiger partial charge in [0, 0.05) is 11.8 Å². The van der Waals surface area contributed by atoms with E-state index >= 15 is 0 Å². The molecule has 1 amide bonds. The number of ether oxygens (including phenoxy) is 1. The second kappa shape index (κ2) is 4.11. The van der Waals surface area contributed by atoms with Crippen molar-refractivity contribution in [3.05, 3.63) is 0 Å². The fourth-order valence-corrected chi connectivity index (χ4v) is 3.52. The monoisotopic (exact) mass is 215 g/mol. The number of rotatable bonds is 2. The van der Waals surface area contributed by atoms with Crippen molar-refractivity contribution in [1.82, 2.24) is 5.32 Å². The molecule has 0 aliphatic carbocycles. The third-order valence-electron chi connectivity index (χ3n) is 2.89. The Labute approximate surface area is 89.0 Å². The number of thioether (sulfide) groups is 1. The maximum atomic E-state index is 10.9. The summed E-state index contributed by atoms with van der Waals surface area (Å²) >= 11 is 2.04. The average molecular weight is 215 g/mol. The molecule has 4 heteroatoms. The number of hydrogen-bond acceptors (Lipinski definition) is 3. The third kappa shape index (κ3) is 2.42. The van der Waals surface area contributed by atoms with Gasteiger partial charge in [-0.15, -0.1) is 0 Å². The topological polar surface area (TPSA) is 38.3 Å². The maximum Gasteiger partial charge on any atom is 0.246 e. The first-order valence-corrected chi connectivity index (χ1v) is 6.25. The Bertz CT molecular complexity index is 216. The van der Waals surface area contributed by atoms with Gasteiger partial charge < -0.3 is 10.1 Å². The van der Waals surface area contributed by atoms with E-state index in [2.05, 4.69) is 12.2 Å². The molecule has 2 heterocycles. The van der Waals surface area contributed by atoms with Gasteiger partial charge in [-0.3, -0.25) is 4.79 Å². The lowest BCUT2D eigenvalue weighted by Crippen LogP contribution is -2.51. The highest BCUT2D eigenvalue weighted by atomic mass is 32.2. The van der Waals surface area contributed by atoms with Gasteiger partial charge in [-0.2, -0.15) is 11.8 Å². The lowest BCUT2D eigenvalue weighted by atomic mass is 9.96. The molecule has 0 aromatic carbocycles. The van der Waals surface area contributed by atoms with Crippen LogP contribution >= 0.6 is 11.8 Å². The van der Waals surface area contributed by atoms with E-state index in [1.54, 1.807) is 0 Å². The second-order valence-electron chi connectivity index (χ2n) is 4.35. The van der Waals surface area contributed by atoms with Gasteiger partial charge in [0.05, 0.1) is 5.60 Å². The van der Waals surface area contributed by atoms with Crippen LogP contribution in [0.25, 0.3) is 0 Å². The van der Waals surface area contributed by atoms with Crippen molar-refractivity contribution in [2.24, 2.45) is 0 Å². The van der Waals surface area contributed by atoms with Crippen LogP contribution in [-0.2, 0) is 9.53 Å². The number of nitrogens with one attached hydrogen (secondary N) is 1. The normalized spacial score (nSPS) is 38.4. The van der Waals surface area contributed by atoms with Gasteiger partial charge in [0.15, 0.2) is 0 Å². The zero-order chi connectivity index (χ0) is 10.0.